The van der Waals surface area contributed by atoms with E-state index in [1.165, 1.54) is 5.56 Å². The zero-order chi connectivity index (χ0) is 24.9. The second-order valence-electron chi connectivity index (χ2n) is 8.70. The SMILES string of the molecule is CC1=C(C#N)C(=O)N(Cc2ccc(C)cc2)C(=O)/C1=C/c1ccc(OCc2ccc(C)cc2)cc1. The Hall–Kier alpha value is -4.43. The molecule has 3 aromatic rings. The predicted molar refractivity (Wildman–Crippen MR) is 135 cm³/mol. The van der Waals surface area contributed by atoms with Crippen molar-refractivity contribution in [2.45, 2.75) is 33.9 Å². The highest BCUT2D eigenvalue weighted by Gasteiger charge is 2.35. The summed E-state index contributed by atoms with van der Waals surface area (Å²) in [4.78, 5) is 27.3. The highest BCUT2D eigenvalue weighted by Crippen LogP contribution is 2.28. The van der Waals surface area contributed by atoms with Crippen LogP contribution in [0.3, 0.4) is 0 Å². The molecule has 0 unspecified atom stereocenters. The molecule has 5 heteroatoms. The average Bonchev–Trinajstić information content (AvgIpc) is 2.86. The molecule has 1 aliphatic heterocycles. The molecule has 3 aromatic carbocycles. The molecule has 0 saturated carbocycles. The van der Waals surface area contributed by atoms with Crippen LogP contribution in [-0.4, -0.2) is 16.7 Å². The third-order valence-electron chi connectivity index (χ3n) is 6.00. The fourth-order valence-corrected chi connectivity index (χ4v) is 3.83. The lowest BCUT2D eigenvalue weighted by Gasteiger charge is -2.27. The first-order valence-corrected chi connectivity index (χ1v) is 11.4. The van der Waals surface area contributed by atoms with Crippen LogP contribution >= 0.6 is 0 Å². The lowest BCUT2D eigenvalue weighted by atomic mass is 9.93. The molecule has 0 aliphatic carbocycles. The first-order chi connectivity index (χ1) is 16.9. The van der Waals surface area contributed by atoms with Gasteiger partial charge >= 0.3 is 0 Å². The number of hydrogen-bond acceptors (Lipinski definition) is 4. The van der Waals surface area contributed by atoms with E-state index >= 15 is 0 Å². The summed E-state index contributed by atoms with van der Waals surface area (Å²) in [6.45, 7) is 6.23. The van der Waals surface area contributed by atoms with Gasteiger partial charge in [0.25, 0.3) is 11.8 Å². The van der Waals surface area contributed by atoms with Gasteiger partial charge in [0.05, 0.1) is 6.54 Å². The van der Waals surface area contributed by atoms with Gasteiger partial charge in [0.1, 0.15) is 24.0 Å². The minimum absolute atomic E-state index is 0.0130. The molecule has 0 saturated heterocycles. The molecule has 0 fully saturated rings. The molecule has 0 N–H and O–H groups in total. The number of aryl methyl sites for hydroxylation is 2. The normalized spacial score (nSPS) is 14.9. The van der Waals surface area contributed by atoms with Crippen LogP contribution in [0.5, 0.6) is 5.75 Å². The predicted octanol–water partition coefficient (Wildman–Crippen LogP) is 5.67. The van der Waals surface area contributed by atoms with E-state index in [0.717, 1.165) is 27.2 Å². The van der Waals surface area contributed by atoms with E-state index < -0.39 is 11.8 Å². The number of amides is 2. The maximum Gasteiger partial charge on any atom is 0.271 e. The van der Waals surface area contributed by atoms with Crippen molar-refractivity contribution in [2.75, 3.05) is 0 Å². The molecular weight excluding hydrogens is 436 g/mol. The van der Waals surface area contributed by atoms with Crippen molar-refractivity contribution in [3.63, 3.8) is 0 Å². The van der Waals surface area contributed by atoms with E-state index in [-0.39, 0.29) is 12.1 Å². The largest absolute Gasteiger partial charge is 0.489 e. The van der Waals surface area contributed by atoms with Crippen LogP contribution in [0.25, 0.3) is 6.08 Å². The molecule has 1 aliphatic rings. The van der Waals surface area contributed by atoms with E-state index in [9.17, 15) is 14.9 Å². The van der Waals surface area contributed by atoms with Crippen LogP contribution in [-0.2, 0) is 22.7 Å². The summed E-state index contributed by atoms with van der Waals surface area (Å²) >= 11 is 0. The highest BCUT2D eigenvalue weighted by atomic mass is 16.5. The molecule has 0 spiro atoms. The Morgan fingerprint density at radius 1 is 0.800 bits per heavy atom. The monoisotopic (exact) mass is 462 g/mol. The van der Waals surface area contributed by atoms with Crippen LogP contribution in [0.4, 0.5) is 0 Å². The lowest BCUT2D eigenvalue weighted by molar-refractivity contribution is -0.141. The van der Waals surface area contributed by atoms with E-state index in [0.29, 0.717) is 23.5 Å². The lowest BCUT2D eigenvalue weighted by Crippen LogP contribution is -2.42. The molecule has 5 nitrogen and oxygen atoms in total. The number of nitriles is 1. The van der Waals surface area contributed by atoms with Crippen molar-refractivity contribution >= 4 is 17.9 Å². The number of benzene rings is 3. The molecule has 0 radical (unpaired) electrons. The summed E-state index contributed by atoms with van der Waals surface area (Å²) in [5.41, 5.74) is 5.68. The van der Waals surface area contributed by atoms with Crippen molar-refractivity contribution < 1.29 is 14.3 Å². The second kappa shape index (κ2) is 10.2. The Balaban J connectivity index is 1.55. The molecule has 0 bridgehead atoms. The van der Waals surface area contributed by atoms with Gasteiger partial charge in [0.15, 0.2) is 0 Å². The van der Waals surface area contributed by atoms with E-state index in [2.05, 4.69) is 0 Å². The number of carbonyl (C=O) groups excluding carboxylic acids is 2. The van der Waals surface area contributed by atoms with E-state index in [4.69, 9.17) is 4.74 Å². The quantitative estimate of drug-likeness (QED) is 0.349. The fraction of sp³-hybridized carbons (Fsp3) is 0.167. The van der Waals surface area contributed by atoms with Crippen LogP contribution in [0.1, 0.15) is 34.7 Å². The van der Waals surface area contributed by atoms with E-state index in [1.807, 2.05) is 92.7 Å². The third kappa shape index (κ3) is 5.39. The molecule has 35 heavy (non-hydrogen) atoms. The van der Waals surface area contributed by atoms with Gasteiger partial charge in [-0.05, 0) is 61.2 Å². The Labute approximate surface area is 205 Å². The van der Waals surface area contributed by atoms with Crippen LogP contribution < -0.4 is 4.74 Å². The third-order valence-corrected chi connectivity index (χ3v) is 6.00. The summed E-state index contributed by atoms with van der Waals surface area (Å²) in [5.74, 6) is -0.261. The first-order valence-electron chi connectivity index (χ1n) is 11.4. The Kier molecular flexibility index (Phi) is 6.93. The number of ether oxygens (including phenoxy) is 1. The van der Waals surface area contributed by atoms with Crippen molar-refractivity contribution in [3.8, 4) is 11.8 Å². The minimum Gasteiger partial charge on any atom is -0.489 e. The van der Waals surface area contributed by atoms with Gasteiger partial charge in [0, 0.05) is 5.57 Å². The summed E-state index contributed by atoms with van der Waals surface area (Å²) in [5, 5.41) is 9.62. The zero-order valence-corrected chi connectivity index (χ0v) is 20.0. The highest BCUT2D eigenvalue weighted by molar-refractivity contribution is 6.19. The number of carbonyl (C=O) groups is 2. The van der Waals surface area contributed by atoms with Gasteiger partial charge in [-0.15, -0.1) is 0 Å². The van der Waals surface area contributed by atoms with Crippen LogP contribution in [0, 0.1) is 25.2 Å². The number of imide groups is 1. The maximum absolute atomic E-state index is 13.3. The average molecular weight is 463 g/mol. The summed E-state index contributed by atoms with van der Waals surface area (Å²) in [6, 6.07) is 25.2. The standard InChI is InChI=1S/C30H26N2O3/c1-20-4-8-24(9-5-20)18-32-29(33)27(22(3)28(17-31)30(32)34)16-23-12-14-26(15-13-23)35-19-25-10-6-21(2)7-11-25/h4-16H,18-19H2,1-3H3/b27-16+. The Morgan fingerprint density at radius 3 is 1.94 bits per heavy atom. The topological polar surface area (TPSA) is 70.4 Å². The summed E-state index contributed by atoms with van der Waals surface area (Å²) in [7, 11) is 0. The molecule has 1 heterocycles. The molecule has 174 valence electrons. The van der Waals surface area contributed by atoms with Crippen LogP contribution in [0.15, 0.2) is 89.5 Å². The first kappa shape index (κ1) is 23.7. The van der Waals surface area contributed by atoms with Gasteiger partial charge in [-0.25, -0.2) is 0 Å². The van der Waals surface area contributed by atoms with Gasteiger partial charge in [-0.3, -0.25) is 14.5 Å². The Bertz CT molecular complexity index is 1360. The van der Waals surface area contributed by atoms with Gasteiger partial charge < -0.3 is 4.74 Å². The second-order valence-corrected chi connectivity index (χ2v) is 8.70. The molecule has 4 rings (SSSR count). The zero-order valence-electron chi connectivity index (χ0n) is 20.0. The van der Waals surface area contributed by atoms with E-state index in [1.54, 1.807) is 13.0 Å². The molecular formula is C30H26N2O3. The summed E-state index contributed by atoms with van der Waals surface area (Å²) < 4.78 is 5.87. The van der Waals surface area contributed by atoms with Crippen molar-refractivity contribution in [1.29, 1.82) is 5.26 Å². The van der Waals surface area contributed by atoms with Crippen molar-refractivity contribution in [1.82, 2.24) is 4.90 Å². The summed E-state index contributed by atoms with van der Waals surface area (Å²) in [6.07, 6.45) is 1.72. The molecule has 0 atom stereocenters. The Morgan fingerprint density at radius 2 is 1.37 bits per heavy atom. The smallest absolute Gasteiger partial charge is 0.271 e. The van der Waals surface area contributed by atoms with Gasteiger partial charge in [0.2, 0.25) is 0 Å². The van der Waals surface area contributed by atoms with Crippen molar-refractivity contribution in [3.05, 3.63) is 117 Å². The molecule has 0 aromatic heterocycles. The number of nitrogens with zero attached hydrogens (tertiary/aromatic N) is 2. The fourth-order valence-electron chi connectivity index (χ4n) is 3.83. The number of hydrogen-bond donors (Lipinski definition) is 0. The number of rotatable bonds is 6. The molecule has 2 amide bonds. The minimum atomic E-state index is -0.562. The maximum atomic E-state index is 13.3. The van der Waals surface area contributed by atoms with Crippen molar-refractivity contribution in [2.24, 2.45) is 0 Å². The van der Waals surface area contributed by atoms with Gasteiger partial charge in [-0.2, -0.15) is 5.26 Å². The van der Waals surface area contributed by atoms with Crippen LogP contribution in [0.2, 0.25) is 0 Å². The van der Waals surface area contributed by atoms with Gasteiger partial charge in [-0.1, -0.05) is 71.8 Å².